The minimum absolute atomic E-state index is 0.617. The number of aromatic nitrogens is 2. The molecule has 2 aromatic heterocycles. The van der Waals surface area contributed by atoms with Crippen molar-refractivity contribution < 1.29 is 0 Å². The largest absolute Gasteiger partial charge is 0.357 e. The first-order valence-electron chi connectivity index (χ1n) is 9.47. The number of rotatable bonds is 7. The van der Waals surface area contributed by atoms with Crippen LogP contribution >= 0.6 is 0 Å². The Kier molecular flexibility index (Phi) is 6.81. The third-order valence-electron chi connectivity index (χ3n) is 4.40. The van der Waals surface area contributed by atoms with Gasteiger partial charge >= 0.3 is 0 Å². The topological polar surface area (TPSA) is 65.4 Å². The van der Waals surface area contributed by atoms with E-state index in [9.17, 15) is 0 Å². The van der Waals surface area contributed by atoms with Crippen molar-refractivity contribution in [3.05, 3.63) is 54.0 Å². The second-order valence-electron chi connectivity index (χ2n) is 6.41. The molecule has 0 spiro atoms. The van der Waals surface area contributed by atoms with Gasteiger partial charge in [-0.3, -0.25) is 4.98 Å². The van der Waals surface area contributed by atoms with Crippen molar-refractivity contribution in [2.75, 3.05) is 31.1 Å². The van der Waals surface area contributed by atoms with E-state index < -0.39 is 0 Å². The van der Waals surface area contributed by atoms with Crippen molar-refractivity contribution in [1.29, 1.82) is 0 Å². The van der Waals surface area contributed by atoms with E-state index in [1.54, 1.807) is 0 Å². The quantitative estimate of drug-likeness (QED) is 0.592. The number of anilines is 1. The smallest absolute Gasteiger partial charge is 0.191 e. The number of aliphatic imine (C=N–C) groups is 1. The SMILES string of the molecule is CCNC(=NCc1ccc(N2CCCC2)nc1)NCCc1ccccn1. The highest BCUT2D eigenvalue weighted by Crippen LogP contribution is 2.17. The lowest BCUT2D eigenvalue weighted by Gasteiger charge is -2.16. The van der Waals surface area contributed by atoms with Crippen LogP contribution in [0.3, 0.4) is 0 Å². The first-order chi connectivity index (χ1) is 12.8. The third-order valence-corrected chi connectivity index (χ3v) is 4.40. The first-order valence-corrected chi connectivity index (χ1v) is 9.47. The molecule has 6 nitrogen and oxygen atoms in total. The molecule has 1 fully saturated rings. The lowest BCUT2D eigenvalue weighted by Crippen LogP contribution is -2.38. The average Bonchev–Trinajstić information content (AvgIpc) is 3.22. The minimum Gasteiger partial charge on any atom is -0.357 e. The third kappa shape index (κ3) is 5.44. The number of pyridine rings is 2. The Morgan fingerprint density at radius 1 is 1.12 bits per heavy atom. The monoisotopic (exact) mass is 352 g/mol. The summed E-state index contributed by atoms with van der Waals surface area (Å²) in [4.78, 5) is 15.9. The van der Waals surface area contributed by atoms with Crippen molar-refractivity contribution in [2.45, 2.75) is 32.7 Å². The van der Waals surface area contributed by atoms with Gasteiger partial charge in [-0.1, -0.05) is 12.1 Å². The molecule has 26 heavy (non-hydrogen) atoms. The Balaban J connectivity index is 1.51. The van der Waals surface area contributed by atoms with E-state index in [1.165, 1.54) is 12.8 Å². The van der Waals surface area contributed by atoms with Crippen molar-refractivity contribution in [3.8, 4) is 0 Å². The summed E-state index contributed by atoms with van der Waals surface area (Å²) in [7, 11) is 0. The van der Waals surface area contributed by atoms with E-state index in [0.29, 0.717) is 6.54 Å². The predicted molar refractivity (Wildman–Crippen MR) is 106 cm³/mol. The molecule has 0 aliphatic carbocycles. The lowest BCUT2D eigenvalue weighted by molar-refractivity contribution is 0.788. The fraction of sp³-hybridized carbons (Fsp3) is 0.450. The highest BCUT2D eigenvalue weighted by molar-refractivity contribution is 5.79. The predicted octanol–water partition coefficient (Wildman–Crippen LogP) is 2.37. The molecule has 0 atom stereocenters. The molecule has 0 unspecified atom stereocenters. The van der Waals surface area contributed by atoms with Gasteiger partial charge in [0, 0.05) is 50.7 Å². The molecular weight excluding hydrogens is 324 g/mol. The molecule has 2 aromatic rings. The number of hydrogen-bond donors (Lipinski definition) is 2. The molecule has 138 valence electrons. The van der Waals surface area contributed by atoms with Crippen molar-refractivity contribution >= 4 is 11.8 Å². The number of hydrogen-bond acceptors (Lipinski definition) is 4. The first kappa shape index (κ1) is 18.2. The summed E-state index contributed by atoms with van der Waals surface area (Å²) < 4.78 is 0. The molecule has 1 saturated heterocycles. The maximum absolute atomic E-state index is 4.66. The zero-order valence-electron chi connectivity index (χ0n) is 15.5. The molecule has 2 N–H and O–H groups in total. The Hall–Kier alpha value is -2.63. The second-order valence-corrected chi connectivity index (χ2v) is 6.41. The Morgan fingerprint density at radius 2 is 2.00 bits per heavy atom. The van der Waals surface area contributed by atoms with Crippen LogP contribution in [0.1, 0.15) is 31.0 Å². The summed E-state index contributed by atoms with van der Waals surface area (Å²) >= 11 is 0. The Labute approximate surface area is 155 Å². The van der Waals surface area contributed by atoms with E-state index in [2.05, 4.69) is 49.6 Å². The zero-order valence-corrected chi connectivity index (χ0v) is 15.5. The van der Waals surface area contributed by atoms with Crippen molar-refractivity contribution in [1.82, 2.24) is 20.6 Å². The van der Waals surface area contributed by atoms with Gasteiger partial charge in [0.1, 0.15) is 5.82 Å². The van der Waals surface area contributed by atoms with Gasteiger partial charge in [-0.15, -0.1) is 0 Å². The molecule has 0 radical (unpaired) electrons. The average molecular weight is 352 g/mol. The molecule has 0 saturated carbocycles. The van der Waals surface area contributed by atoms with Crippen LogP contribution in [0.15, 0.2) is 47.7 Å². The second kappa shape index (κ2) is 9.75. The van der Waals surface area contributed by atoms with Crippen LogP contribution in [0.25, 0.3) is 0 Å². The van der Waals surface area contributed by atoms with Crippen LogP contribution < -0.4 is 15.5 Å². The molecule has 1 aliphatic rings. The molecule has 0 bridgehead atoms. The van der Waals surface area contributed by atoms with Crippen LogP contribution in [0.2, 0.25) is 0 Å². The molecule has 1 aliphatic heterocycles. The van der Waals surface area contributed by atoms with E-state index in [1.807, 2.05) is 30.6 Å². The summed E-state index contributed by atoms with van der Waals surface area (Å²) in [5.74, 6) is 1.91. The van der Waals surface area contributed by atoms with Crippen molar-refractivity contribution in [3.63, 3.8) is 0 Å². The number of guanidine groups is 1. The summed E-state index contributed by atoms with van der Waals surface area (Å²) in [6.45, 7) is 6.57. The van der Waals surface area contributed by atoms with Gasteiger partial charge in [-0.05, 0) is 43.5 Å². The van der Waals surface area contributed by atoms with Gasteiger partial charge in [0.15, 0.2) is 5.96 Å². The van der Waals surface area contributed by atoms with Crippen molar-refractivity contribution in [2.24, 2.45) is 4.99 Å². The fourth-order valence-corrected chi connectivity index (χ4v) is 3.01. The number of nitrogens with zero attached hydrogens (tertiary/aromatic N) is 4. The maximum Gasteiger partial charge on any atom is 0.191 e. The molecule has 6 heteroatoms. The van der Waals surface area contributed by atoms with E-state index in [0.717, 1.165) is 55.6 Å². The number of nitrogens with one attached hydrogen (secondary N) is 2. The van der Waals surface area contributed by atoms with E-state index in [-0.39, 0.29) is 0 Å². The molecule has 0 amide bonds. The summed E-state index contributed by atoms with van der Waals surface area (Å²) in [5, 5.41) is 6.65. The van der Waals surface area contributed by atoms with Gasteiger partial charge in [0.2, 0.25) is 0 Å². The van der Waals surface area contributed by atoms with E-state index >= 15 is 0 Å². The van der Waals surface area contributed by atoms with Crippen LogP contribution in [-0.4, -0.2) is 42.1 Å². The molecule has 3 rings (SSSR count). The normalized spacial score (nSPS) is 14.5. The molecular formula is C20H28N6. The van der Waals surface area contributed by atoms with E-state index in [4.69, 9.17) is 0 Å². The van der Waals surface area contributed by atoms with Crippen LogP contribution in [0, 0.1) is 0 Å². The standard InChI is InChI=1S/C20H28N6/c1-2-21-20(23-12-10-18-7-3-4-11-22-18)25-16-17-8-9-19(24-15-17)26-13-5-6-14-26/h3-4,7-9,11,15H,2,5-6,10,12-14,16H2,1H3,(H2,21,23,25). The fourth-order valence-electron chi connectivity index (χ4n) is 3.01. The van der Waals surface area contributed by atoms with Crippen LogP contribution in [0.4, 0.5) is 5.82 Å². The highest BCUT2D eigenvalue weighted by atomic mass is 15.2. The highest BCUT2D eigenvalue weighted by Gasteiger charge is 2.12. The lowest BCUT2D eigenvalue weighted by atomic mass is 10.3. The van der Waals surface area contributed by atoms with Gasteiger partial charge in [0.05, 0.1) is 6.54 Å². The zero-order chi connectivity index (χ0) is 18.0. The Bertz CT molecular complexity index is 677. The van der Waals surface area contributed by atoms with Crippen LogP contribution in [-0.2, 0) is 13.0 Å². The van der Waals surface area contributed by atoms with Gasteiger partial charge in [-0.2, -0.15) is 0 Å². The maximum atomic E-state index is 4.66. The summed E-state index contributed by atoms with van der Waals surface area (Å²) in [6, 6.07) is 10.2. The molecule has 3 heterocycles. The van der Waals surface area contributed by atoms with Gasteiger partial charge in [-0.25, -0.2) is 9.98 Å². The van der Waals surface area contributed by atoms with Gasteiger partial charge in [0.25, 0.3) is 0 Å². The van der Waals surface area contributed by atoms with Gasteiger partial charge < -0.3 is 15.5 Å². The van der Waals surface area contributed by atoms with Crippen LogP contribution in [0.5, 0.6) is 0 Å². The Morgan fingerprint density at radius 3 is 2.69 bits per heavy atom. The molecule has 0 aromatic carbocycles. The summed E-state index contributed by atoms with van der Waals surface area (Å²) in [6.07, 6.45) is 7.17. The minimum atomic E-state index is 0.617. The summed E-state index contributed by atoms with van der Waals surface area (Å²) in [5.41, 5.74) is 2.20.